The van der Waals surface area contributed by atoms with Gasteiger partial charge in [0.2, 0.25) is 0 Å². The molecule has 27 heavy (non-hydrogen) atoms. The number of rotatable bonds is 5. The van der Waals surface area contributed by atoms with Gasteiger partial charge in [0.25, 0.3) is 5.91 Å². The van der Waals surface area contributed by atoms with Crippen molar-refractivity contribution in [1.29, 1.82) is 0 Å². The summed E-state index contributed by atoms with van der Waals surface area (Å²) in [5, 5.41) is 9.56. The fraction of sp³-hybridized carbons (Fsp3) is 0.0952. The maximum absolute atomic E-state index is 12.6. The normalized spacial score (nSPS) is 17.4. The molecule has 6 heteroatoms. The number of carbonyl (C=O) groups excluding carboxylic acids is 1. The molecule has 0 bridgehead atoms. The van der Waals surface area contributed by atoms with E-state index in [4.69, 9.17) is 5.11 Å². The highest BCUT2D eigenvalue weighted by molar-refractivity contribution is 8.18. The molecule has 2 aromatic carbocycles. The molecule has 1 saturated heterocycles. The summed E-state index contributed by atoms with van der Waals surface area (Å²) in [4.78, 5) is 30.2. The lowest BCUT2D eigenvalue weighted by Gasteiger charge is -2.11. The second kappa shape index (κ2) is 8.51. The average Bonchev–Trinajstić information content (AvgIpc) is 2.97. The summed E-state index contributed by atoms with van der Waals surface area (Å²) in [6.45, 7) is 2.40. The Bertz CT molecular complexity index is 932. The smallest absolute Gasteiger partial charge is 0.335 e. The third-order valence-electron chi connectivity index (χ3n) is 3.88. The highest BCUT2D eigenvalue weighted by atomic mass is 32.2. The molecule has 1 amide bonds. The van der Waals surface area contributed by atoms with Crippen LogP contribution in [0.5, 0.6) is 0 Å². The van der Waals surface area contributed by atoms with Gasteiger partial charge in [-0.1, -0.05) is 42.5 Å². The van der Waals surface area contributed by atoms with E-state index in [1.807, 2.05) is 49.4 Å². The Kier molecular flexibility index (Phi) is 5.88. The zero-order chi connectivity index (χ0) is 19.2. The molecule has 0 aromatic heterocycles. The maximum atomic E-state index is 12.6. The molecule has 2 aromatic rings. The van der Waals surface area contributed by atoms with Crippen molar-refractivity contribution in [2.24, 2.45) is 4.99 Å². The Morgan fingerprint density at radius 3 is 2.48 bits per heavy atom. The van der Waals surface area contributed by atoms with Crippen molar-refractivity contribution in [3.8, 4) is 0 Å². The van der Waals surface area contributed by atoms with Crippen LogP contribution >= 0.6 is 11.8 Å². The summed E-state index contributed by atoms with van der Waals surface area (Å²) in [5.74, 6) is -1.06. The fourth-order valence-electron chi connectivity index (χ4n) is 2.48. The van der Waals surface area contributed by atoms with Gasteiger partial charge in [-0.15, -0.1) is 0 Å². The van der Waals surface area contributed by atoms with Crippen molar-refractivity contribution in [3.63, 3.8) is 0 Å². The molecule has 0 aliphatic carbocycles. The first-order valence-corrected chi connectivity index (χ1v) is 9.25. The van der Waals surface area contributed by atoms with Crippen LogP contribution in [-0.2, 0) is 4.79 Å². The van der Waals surface area contributed by atoms with Crippen LogP contribution in [0.15, 0.2) is 76.6 Å². The SMILES string of the molecule is CCN1C(=O)/C(=C\C=C\c2ccccc2)SC1=Nc1ccc(C(=O)O)cc1. The Balaban J connectivity index is 1.80. The quantitative estimate of drug-likeness (QED) is 0.774. The molecule has 136 valence electrons. The Hall–Kier alpha value is -3.12. The molecule has 5 nitrogen and oxygen atoms in total. The molecular formula is C21H18N2O3S. The Morgan fingerprint density at radius 2 is 1.85 bits per heavy atom. The number of aromatic carboxylic acids is 1. The van der Waals surface area contributed by atoms with Crippen LogP contribution < -0.4 is 0 Å². The van der Waals surface area contributed by atoms with Gasteiger partial charge in [0, 0.05) is 6.54 Å². The lowest BCUT2D eigenvalue weighted by atomic mass is 10.2. The predicted molar refractivity (Wildman–Crippen MR) is 109 cm³/mol. The van der Waals surface area contributed by atoms with E-state index in [0.717, 1.165) is 5.56 Å². The number of hydrogen-bond acceptors (Lipinski definition) is 4. The summed E-state index contributed by atoms with van der Waals surface area (Å²) in [6, 6.07) is 16.1. The van der Waals surface area contributed by atoms with Crippen LogP contribution in [0.4, 0.5) is 5.69 Å². The monoisotopic (exact) mass is 378 g/mol. The lowest BCUT2D eigenvalue weighted by Crippen LogP contribution is -2.28. The minimum absolute atomic E-state index is 0.0823. The van der Waals surface area contributed by atoms with Crippen molar-refractivity contribution >= 4 is 40.6 Å². The standard InChI is InChI=1S/C21H18N2O3S/c1-2-23-19(24)18(10-6-9-15-7-4-3-5-8-15)27-21(23)22-17-13-11-16(12-14-17)20(25)26/h3-14H,2H2,1H3,(H,25,26)/b9-6+,18-10+,22-21?. The molecule has 3 rings (SSSR count). The number of likely N-dealkylation sites (N-methyl/N-ethyl adjacent to an activating group) is 1. The molecule has 0 unspecified atom stereocenters. The first-order valence-electron chi connectivity index (χ1n) is 8.43. The zero-order valence-electron chi connectivity index (χ0n) is 14.7. The van der Waals surface area contributed by atoms with E-state index in [9.17, 15) is 9.59 Å². The number of amidine groups is 1. The van der Waals surface area contributed by atoms with Gasteiger partial charge >= 0.3 is 5.97 Å². The number of benzene rings is 2. The van der Waals surface area contributed by atoms with Crippen LogP contribution in [0.1, 0.15) is 22.8 Å². The molecule has 1 heterocycles. The number of carboxylic acid groups (broad SMARTS) is 1. The van der Waals surface area contributed by atoms with E-state index < -0.39 is 5.97 Å². The van der Waals surface area contributed by atoms with Crippen LogP contribution in [0, 0.1) is 0 Å². The molecule has 0 atom stereocenters. The number of carbonyl (C=O) groups is 2. The molecule has 0 spiro atoms. The number of aliphatic imine (C=N–C) groups is 1. The third kappa shape index (κ3) is 4.54. The van der Waals surface area contributed by atoms with E-state index in [-0.39, 0.29) is 11.5 Å². The van der Waals surface area contributed by atoms with E-state index in [2.05, 4.69) is 4.99 Å². The maximum Gasteiger partial charge on any atom is 0.335 e. The summed E-state index contributed by atoms with van der Waals surface area (Å²) in [5.41, 5.74) is 1.87. The van der Waals surface area contributed by atoms with Crippen molar-refractivity contribution in [2.45, 2.75) is 6.92 Å². The molecule has 1 aliphatic rings. The second-order valence-electron chi connectivity index (χ2n) is 5.70. The minimum Gasteiger partial charge on any atom is -0.478 e. The molecule has 0 radical (unpaired) electrons. The van der Waals surface area contributed by atoms with E-state index >= 15 is 0 Å². The first kappa shape index (κ1) is 18.7. The van der Waals surface area contributed by atoms with E-state index in [1.165, 1.54) is 23.9 Å². The van der Waals surface area contributed by atoms with E-state index in [0.29, 0.717) is 22.3 Å². The van der Waals surface area contributed by atoms with E-state index in [1.54, 1.807) is 23.1 Å². The Morgan fingerprint density at radius 1 is 1.15 bits per heavy atom. The average molecular weight is 378 g/mol. The third-order valence-corrected chi connectivity index (χ3v) is 4.90. The highest BCUT2D eigenvalue weighted by Gasteiger charge is 2.31. The molecule has 1 N–H and O–H groups in total. The van der Waals surface area contributed by atoms with Crippen LogP contribution in [0.2, 0.25) is 0 Å². The molecule has 0 saturated carbocycles. The van der Waals surface area contributed by atoms with Crippen molar-refractivity contribution in [2.75, 3.05) is 6.54 Å². The molecule has 1 aliphatic heterocycles. The van der Waals surface area contributed by atoms with Crippen molar-refractivity contribution in [1.82, 2.24) is 4.90 Å². The molecular weight excluding hydrogens is 360 g/mol. The van der Waals surface area contributed by atoms with Gasteiger partial charge in [-0.3, -0.25) is 9.69 Å². The largest absolute Gasteiger partial charge is 0.478 e. The van der Waals surface area contributed by atoms with Crippen molar-refractivity contribution < 1.29 is 14.7 Å². The summed E-state index contributed by atoms with van der Waals surface area (Å²) in [7, 11) is 0. The summed E-state index contributed by atoms with van der Waals surface area (Å²) in [6.07, 6.45) is 5.59. The summed E-state index contributed by atoms with van der Waals surface area (Å²) < 4.78 is 0. The Labute approximate surface area is 161 Å². The van der Waals surface area contributed by atoms with Gasteiger partial charge in [0.1, 0.15) is 0 Å². The highest BCUT2D eigenvalue weighted by Crippen LogP contribution is 2.32. The fourth-order valence-corrected chi connectivity index (χ4v) is 3.50. The second-order valence-corrected chi connectivity index (χ2v) is 6.71. The van der Waals surface area contributed by atoms with Crippen LogP contribution in [0.3, 0.4) is 0 Å². The van der Waals surface area contributed by atoms with Gasteiger partial charge < -0.3 is 5.11 Å². The predicted octanol–water partition coefficient (Wildman–Crippen LogP) is 4.56. The number of hydrogen-bond donors (Lipinski definition) is 1. The summed E-state index contributed by atoms with van der Waals surface area (Å²) >= 11 is 1.31. The minimum atomic E-state index is -0.981. The van der Waals surface area contributed by atoms with Gasteiger partial charge in [0.15, 0.2) is 5.17 Å². The lowest BCUT2D eigenvalue weighted by molar-refractivity contribution is -0.122. The number of carboxylic acids is 1. The number of allylic oxidation sites excluding steroid dienone is 2. The van der Waals surface area contributed by atoms with Crippen LogP contribution in [0.25, 0.3) is 6.08 Å². The number of thioether (sulfide) groups is 1. The van der Waals surface area contributed by atoms with Gasteiger partial charge in [-0.2, -0.15) is 0 Å². The van der Waals surface area contributed by atoms with Gasteiger partial charge in [-0.25, -0.2) is 9.79 Å². The van der Waals surface area contributed by atoms with Gasteiger partial charge in [0.05, 0.1) is 16.2 Å². The van der Waals surface area contributed by atoms with Crippen LogP contribution in [-0.4, -0.2) is 33.6 Å². The topological polar surface area (TPSA) is 70.0 Å². The van der Waals surface area contributed by atoms with Crippen molar-refractivity contribution in [3.05, 3.63) is 82.8 Å². The first-order chi connectivity index (χ1) is 13.1. The number of nitrogens with zero attached hydrogens (tertiary/aromatic N) is 2. The molecule has 1 fully saturated rings. The number of amides is 1. The zero-order valence-corrected chi connectivity index (χ0v) is 15.5. The van der Waals surface area contributed by atoms with Gasteiger partial charge in [-0.05, 0) is 54.6 Å².